The van der Waals surface area contributed by atoms with Gasteiger partial charge in [-0.05, 0) is 67.8 Å². The van der Waals surface area contributed by atoms with Crippen molar-refractivity contribution in [2.45, 2.75) is 51.2 Å². The Bertz CT molecular complexity index is 741. The van der Waals surface area contributed by atoms with E-state index in [1.165, 1.54) is 56.6 Å². The molecule has 2 aromatic heterocycles. The second-order valence-electron chi connectivity index (χ2n) is 8.69. The van der Waals surface area contributed by atoms with Crippen LogP contribution in [-0.4, -0.2) is 52.2 Å². The standard InChI is InChI=1S/C21H30N4OS/c1-2-7-24-11-16-9-19(20(10-17(16)12-24)26-14-15-5-6-15)25-13-18(22-23-25)21-4-3-8-27-21/h3-4,8,13,15-17,19-20H,2,5-7,9-12,14H2,1H3/t16-,17+,19-,20-/m1/s1. The van der Waals surface area contributed by atoms with E-state index in [1.807, 2.05) is 0 Å². The summed E-state index contributed by atoms with van der Waals surface area (Å²) in [5, 5.41) is 11.1. The van der Waals surface area contributed by atoms with Crippen molar-refractivity contribution in [1.29, 1.82) is 0 Å². The highest BCUT2D eigenvalue weighted by atomic mass is 32.1. The van der Waals surface area contributed by atoms with E-state index < -0.39 is 0 Å². The molecule has 0 radical (unpaired) electrons. The van der Waals surface area contributed by atoms with E-state index in [9.17, 15) is 0 Å². The normalized spacial score (nSPS) is 31.3. The number of thiophene rings is 1. The lowest BCUT2D eigenvalue weighted by molar-refractivity contribution is -0.0375. The minimum absolute atomic E-state index is 0.284. The molecule has 0 amide bonds. The van der Waals surface area contributed by atoms with Crippen LogP contribution in [0, 0.1) is 17.8 Å². The average Bonchev–Trinajstić information content (AvgIpc) is 3.07. The molecule has 0 unspecified atom stereocenters. The van der Waals surface area contributed by atoms with Crippen LogP contribution in [0.25, 0.3) is 10.6 Å². The van der Waals surface area contributed by atoms with Crippen LogP contribution in [-0.2, 0) is 4.74 Å². The lowest BCUT2D eigenvalue weighted by atomic mass is 9.77. The van der Waals surface area contributed by atoms with Crippen molar-refractivity contribution >= 4 is 11.3 Å². The van der Waals surface area contributed by atoms with E-state index in [4.69, 9.17) is 4.74 Å². The smallest absolute Gasteiger partial charge is 0.122 e. The number of hydrogen-bond acceptors (Lipinski definition) is 5. The molecule has 27 heavy (non-hydrogen) atoms. The fourth-order valence-corrected chi connectivity index (χ4v) is 5.64. The lowest BCUT2D eigenvalue weighted by Crippen LogP contribution is -2.38. The molecular formula is C21H30N4OS. The summed E-state index contributed by atoms with van der Waals surface area (Å²) >= 11 is 1.73. The molecule has 5 nitrogen and oxygen atoms in total. The van der Waals surface area contributed by atoms with Crippen LogP contribution in [0.5, 0.6) is 0 Å². The average molecular weight is 387 g/mol. The molecule has 2 aliphatic carbocycles. The van der Waals surface area contributed by atoms with E-state index in [1.54, 1.807) is 11.3 Å². The quantitative estimate of drug-likeness (QED) is 0.719. The van der Waals surface area contributed by atoms with Crippen molar-refractivity contribution < 1.29 is 4.74 Å². The maximum atomic E-state index is 6.47. The molecule has 2 saturated carbocycles. The first-order valence-corrected chi connectivity index (χ1v) is 11.5. The minimum atomic E-state index is 0.284. The van der Waals surface area contributed by atoms with E-state index in [2.05, 4.69) is 50.5 Å². The number of likely N-dealkylation sites (tertiary alicyclic amines) is 1. The van der Waals surface area contributed by atoms with Gasteiger partial charge in [-0.2, -0.15) is 0 Å². The summed E-state index contributed by atoms with van der Waals surface area (Å²) in [6.07, 6.45) is 8.72. The van der Waals surface area contributed by atoms with Crippen LogP contribution in [0.1, 0.15) is 45.1 Å². The maximum Gasteiger partial charge on any atom is 0.122 e. The van der Waals surface area contributed by atoms with Crippen molar-refractivity contribution in [3.05, 3.63) is 23.7 Å². The van der Waals surface area contributed by atoms with Crippen LogP contribution in [0.3, 0.4) is 0 Å². The Kier molecular flexibility index (Phi) is 5.05. The Hall–Kier alpha value is -1.24. The molecule has 6 heteroatoms. The van der Waals surface area contributed by atoms with E-state index in [0.717, 1.165) is 30.1 Å². The van der Waals surface area contributed by atoms with Gasteiger partial charge in [0.25, 0.3) is 0 Å². The largest absolute Gasteiger partial charge is 0.376 e. The van der Waals surface area contributed by atoms with Gasteiger partial charge in [-0.1, -0.05) is 18.2 Å². The molecule has 3 aliphatic rings. The predicted octanol–water partition coefficient (Wildman–Crippen LogP) is 4.09. The minimum Gasteiger partial charge on any atom is -0.376 e. The molecule has 3 heterocycles. The molecule has 3 fully saturated rings. The van der Waals surface area contributed by atoms with Crippen molar-refractivity contribution in [1.82, 2.24) is 19.9 Å². The van der Waals surface area contributed by atoms with E-state index in [0.29, 0.717) is 6.04 Å². The molecule has 0 spiro atoms. The Morgan fingerprint density at radius 2 is 2.07 bits per heavy atom. The molecule has 0 bridgehead atoms. The third-order valence-electron chi connectivity index (χ3n) is 6.57. The third kappa shape index (κ3) is 3.84. The van der Waals surface area contributed by atoms with Crippen molar-refractivity contribution in [2.24, 2.45) is 17.8 Å². The fourth-order valence-electron chi connectivity index (χ4n) is 4.96. The summed E-state index contributed by atoms with van der Waals surface area (Å²) in [5.74, 6) is 2.37. The highest BCUT2D eigenvalue weighted by Crippen LogP contribution is 2.43. The number of fused-ring (bicyclic) bond motifs is 1. The van der Waals surface area contributed by atoms with Crippen LogP contribution in [0.4, 0.5) is 0 Å². The summed E-state index contributed by atoms with van der Waals surface area (Å²) in [7, 11) is 0. The zero-order valence-electron chi connectivity index (χ0n) is 16.2. The SMILES string of the molecule is CCCN1C[C@H]2C[C@@H](n3cc(-c4cccs4)nn3)[C@H](OCC3CC3)C[C@H]2C1. The second-order valence-corrected chi connectivity index (χ2v) is 9.64. The molecule has 0 aromatic carbocycles. The number of hydrogen-bond donors (Lipinski definition) is 0. The topological polar surface area (TPSA) is 43.2 Å². The summed E-state index contributed by atoms with van der Waals surface area (Å²) in [6, 6.07) is 4.52. The fraction of sp³-hybridized carbons (Fsp3) is 0.714. The molecule has 1 aliphatic heterocycles. The van der Waals surface area contributed by atoms with Gasteiger partial charge in [0.15, 0.2) is 0 Å². The van der Waals surface area contributed by atoms with Gasteiger partial charge in [-0.25, -0.2) is 4.68 Å². The molecule has 4 atom stereocenters. The number of aromatic nitrogens is 3. The van der Waals surface area contributed by atoms with Crippen LogP contribution in [0.2, 0.25) is 0 Å². The number of rotatable bonds is 7. The summed E-state index contributed by atoms with van der Waals surface area (Å²) in [5.41, 5.74) is 0.993. The Morgan fingerprint density at radius 3 is 2.81 bits per heavy atom. The summed E-state index contributed by atoms with van der Waals surface area (Å²) < 4.78 is 8.59. The van der Waals surface area contributed by atoms with Crippen molar-refractivity contribution in [2.75, 3.05) is 26.2 Å². The van der Waals surface area contributed by atoms with E-state index >= 15 is 0 Å². The van der Waals surface area contributed by atoms with Crippen LogP contribution in [0.15, 0.2) is 23.7 Å². The highest BCUT2D eigenvalue weighted by molar-refractivity contribution is 7.13. The van der Waals surface area contributed by atoms with Crippen molar-refractivity contribution in [3.63, 3.8) is 0 Å². The molecule has 5 rings (SSSR count). The second kappa shape index (κ2) is 7.64. The first kappa shape index (κ1) is 17.8. The third-order valence-corrected chi connectivity index (χ3v) is 7.46. The zero-order valence-corrected chi connectivity index (χ0v) is 17.0. The summed E-state index contributed by atoms with van der Waals surface area (Å²) in [4.78, 5) is 3.86. The zero-order chi connectivity index (χ0) is 18.2. The van der Waals surface area contributed by atoms with Gasteiger partial charge in [-0.3, -0.25) is 0 Å². The Labute approximate surface area is 165 Å². The van der Waals surface area contributed by atoms with Gasteiger partial charge in [-0.15, -0.1) is 16.4 Å². The summed E-state index contributed by atoms with van der Waals surface area (Å²) in [6.45, 7) is 6.96. The van der Waals surface area contributed by atoms with Crippen LogP contribution >= 0.6 is 11.3 Å². The monoisotopic (exact) mass is 386 g/mol. The predicted molar refractivity (Wildman–Crippen MR) is 108 cm³/mol. The van der Waals surface area contributed by atoms with Gasteiger partial charge >= 0.3 is 0 Å². The van der Waals surface area contributed by atoms with Gasteiger partial charge < -0.3 is 9.64 Å². The maximum absolute atomic E-state index is 6.47. The van der Waals surface area contributed by atoms with E-state index in [-0.39, 0.29) is 6.10 Å². The van der Waals surface area contributed by atoms with Crippen molar-refractivity contribution in [3.8, 4) is 10.6 Å². The highest BCUT2D eigenvalue weighted by Gasteiger charge is 2.44. The van der Waals surface area contributed by atoms with Crippen LogP contribution < -0.4 is 0 Å². The van der Waals surface area contributed by atoms with Gasteiger partial charge in [0.2, 0.25) is 0 Å². The Morgan fingerprint density at radius 1 is 1.22 bits per heavy atom. The molecule has 146 valence electrons. The first-order valence-electron chi connectivity index (χ1n) is 10.6. The van der Waals surface area contributed by atoms with Gasteiger partial charge in [0.05, 0.1) is 23.2 Å². The lowest BCUT2D eigenvalue weighted by Gasteiger charge is -2.37. The molecule has 1 saturated heterocycles. The van der Waals surface area contributed by atoms with Gasteiger partial charge in [0, 0.05) is 19.7 Å². The van der Waals surface area contributed by atoms with Gasteiger partial charge in [0.1, 0.15) is 5.69 Å². The molecular weight excluding hydrogens is 356 g/mol. The Balaban J connectivity index is 1.34. The first-order chi connectivity index (χ1) is 13.3. The number of ether oxygens (including phenoxy) is 1. The molecule has 2 aromatic rings. The molecule has 0 N–H and O–H groups in total. The number of nitrogens with zero attached hydrogens (tertiary/aromatic N) is 4.